The SMILES string of the molecule is OCCO.[CH3][Sn][CH3]. The Labute approximate surface area is 54.8 Å². The second-order valence-electron chi connectivity index (χ2n) is 0.947. The summed E-state index contributed by atoms with van der Waals surface area (Å²) in [6.45, 7) is -0.250. The van der Waals surface area contributed by atoms with E-state index in [1.54, 1.807) is 0 Å². The molecule has 0 aliphatic rings. The van der Waals surface area contributed by atoms with Gasteiger partial charge in [0.25, 0.3) is 0 Å². The second kappa shape index (κ2) is 15.9. The summed E-state index contributed by atoms with van der Waals surface area (Å²) in [7, 11) is 0. The number of rotatable bonds is 1. The molecule has 0 aliphatic heterocycles. The Balaban J connectivity index is 0. The molecule has 0 spiro atoms. The normalized spacial score (nSPS) is 6.86. The molecule has 7 heavy (non-hydrogen) atoms. The van der Waals surface area contributed by atoms with E-state index >= 15 is 0 Å². The molecule has 0 heterocycles. The van der Waals surface area contributed by atoms with Crippen molar-refractivity contribution >= 4 is 21.1 Å². The van der Waals surface area contributed by atoms with Crippen LogP contribution in [0.25, 0.3) is 0 Å². The third-order valence-electron chi connectivity index (χ3n) is 0.1000. The van der Waals surface area contributed by atoms with Crippen LogP contribution in [-0.2, 0) is 0 Å². The van der Waals surface area contributed by atoms with Crippen molar-refractivity contribution < 1.29 is 10.2 Å². The predicted octanol–water partition coefficient (Wildman–Crippen LogP) is -0.242. The molecule has 3 heteroatoms. The standard InChI is InChI=1S/C2H6O2.2CH3.Sn/c3-1-2-4;;;/h3-4H,1-2H2;2*1H3;. The van der Waals surface area contributed by atoms with Gasteiger partial charge in [-0.05, 0) is 0 Å². The van der Waals surface area contributed by atoms with Gasteiger partial charge in [-0.1, -0.05) is 0 Å². The van der Waals surface area contributed by atoms with Crippen molar-refractivity contribution in [2.24, 2.45) is 0 Å². The summed E-state index contributed by atoms with van der Waals surface area (Å²) in [5.41, 5.74) is 0. The van der Waals surface area contributed by atoms with Crippen LogP contribution in [0.1, 0.15) is 0 Å². The van der Waals surface area contributed by atoms with E-state index in [2.05, 4.69) is 9.88 Å². The van der Waals surface area contributed by atoms with Gasteiger partial charge in [0.15, 0.2) is 0 Å². The van der Waals surface area contributed by atoms with Gasteiger partial charge in [0.1, 0.15) is 0 Å². The summed E-state index contributed by atoms with van der Waals surface area (Å²) in [6, 6.07) is 0. The zero-order valence-electron chi connectivity index (χ0n) is 4.81. The summed E-state index contributed by atoms with van der Waals surface area (Å²) >= 11 is 0.230. The van der Waals surface area contributed by atoms with Gasteiger partial charge in [-0.2, -0.15) is 0 Å². The first-order valence-electron chi connectivity index (χ1n) is 2.13. The van der Waals surface area contributed by atoms with Crippen molar-refractivity contribution in [2.75, 3.05) is 13.2 Å². The summed E-state index contributed by atoms with van der Waals surface area (Å²) < 4.78 is 0. The van der Waals surface area contributed by atoms with Gasteiger partial charge >= 0.3 is 31.0 Å². The van der Waals surface area contributed by atoms with Crippen LogP contribution in [0.5, 0.6) is 0 Å². The first kappa shape index (κ1) is 10.7. The molecule has 0 aromatic carbocycles. The summed E-state index contributed by atoms with van der Waals surface area (Å²) in [5.74, 6) is 0. The minimum atomic E-state index is -0.125. The summed E-state index contributed by atoms with van der Waals surface area (Å²) in [4.78, 5) is 4.59. The molecule has 2 N–H and O–H groups in total. The molecule has 0 atom stereocenters. The van der Waals surface area contributed by atoms with Crippen LogP contribution < -0.4 is 0 Å². The average Bonchev–Trinajstić information content (AvgIpc) is 1.69. The van der Waals surface area contributed by atoms with Crippen LogP contribution in [-0.4, -0.2) is 44.6 Å². The third-order valence-corrected chi connectivity index (χ3v) is 0.1000. The van der Waals surface area contributed by atoms with Crippen molar-refractivity contribution in [2.45, 2.75) is 9.88 Å². The van der Waals surface area contributed by atoms with Crippen molar-refractivity contribution in [1.82, 2.24) is 0 Å². The van der Waals surface area contributed by atoms with E-state index in [-0.39, 0.29) is 34.4 Å². The van der Waals surface area contributed by atoms with Crippen molar-refractivity contribution in [3.8, 4) is 0 Å². The van der Waals surface area contributed by atoms with E-state index in [1.165, 1.54) is 0 Å². The Morgan fingerprint density at radius 1 is 1.14 bits per heavy atom. The average molecular weight is 211 g/mol. The van der Waals surface area contributed by atoms with Gasteiger partial charge < -0.3 is 10.2 Å². The van der Waals surface area contributed by atoms with Crippen LogP contribution in [0.4, 0.5) is 0 Å². The molecule has 0 amide bonds. The van der Waals surface area contributed by atoms with E-state index < -0.39 is 0 Å². The van der Waals surface area contributed by atoms with E-state index in [0.717, 1.165) is 0 Å². The zero-order valence-corrected chi connectivity index (χ0v) is 7.66. The van der Waals surface area contributed by atoms with E-state index in [4.69, 9.17) is 10.2 Å². The number of aliphatic hydroxyl groups is 2. The second-order valence-corrected chi connectivity index (χ2v) is 3.80. The van der Waals surface area contributed by atoms with Crippen molar-refractivity contribution in [3.63, 3.8) is 0 Å². The van der Waals surface area contributed by atoms with Crippen molar-refractivity contribution in [3.05, 3.63) is 0 Å². The molecule has 0 rings (SSSR count). The van der Waals surface area contributed by atoms with Gasteiger partial charge in [-0.15, -0.1) is 0 Å². The van der Waals surface area contributed by atoms with Crippen LogP contribution in [0.2, 0.25) is 9.88 Å². The van der Waals surface area contributed by atoms with Gasteiger partial charge in [-0.3, -0.25) is 0 Å². The number of hydrogen-bond acceptors (Lipinski definition) is 2. The fourth-order valence-electron chi connectivity index (χ4n) is 0. The van der Waals surface area contributed by atoms with Gasteiger partial charge in [0.05, 0.1) is 13.2 Å². The Bertz CT molecular complexity index is 17.2. The molecular weight excluding hydrogens is 199 g/mol. The molecule has 2 radical (unpaired) electrons. The van der Waals surface area contributed by atoms with E-state index in [1.807, 2.05) is 0 Å². The molecule has 0 aliphatic carbocycles. The quantitative estimate of drug-likeness (QED) is 0.587. The topological polar surface area (TPSA) is 40.5 Å². The Kier molecular flexibility index (Phi) is 24.2. The predicted molar refractivity (Wildman–Crippen MR) is 31.7 cm³/mol. The van der Waals surface area contributed by atoms with E-state index in [0.29, 0.717) is 0 Å². The fourth-order valence-corrected chi connectivity index (χ4v) is 0. The molecule has 0 aromatic heterocycles. The van der Waals surface area contributed by atoms with Gasteiger partial charge in [0.2, 0.25) is 0 Å². The van der Waals surface area contributed by atoms with Crippen LogP contribution in [0.3, 0.4) is 0 Å². The first-order valence-corrected chi connectivity index (χ1v) is 7.84. The van der Waals surface area contributed by atoms with E-state index in [9.17, 15) is 0 Å². The Hall–Kier alpha value is 0.719. The summed E-state index contributed by atoms with van der Waals surface area (Å²) in [6.07, 6.45) is 0. The number of hydrogen-bond donors (Lipinski definition) is 2. The summed E-state index contributed by atoms with van der Waals surface area (Å²) in [5, 5.41) is 15.2. The van der Waals surface area contributed by atoms with Crippen LogP contribution in [0, 0.1) is 0 Å². The molecular formula is C4H12O2Sn. The molecule has 44 valence electrons. The molecule has 0 saturated heterocycles. The first-order chi connectivity index (χ1) is 3.33. The maximum absolute atomic E-state index is 7.62. The van der Waals surface area contributed by atoms with Crippen molar-refractivity contribution in [1.29, 1.82) is 0 Å². The Morgan fingerprint density at radius 3 is 1.29 bits per heavy atom. The molecule has 0 bridgehead atoms. The maximum atomic E-state index is 7.62. The number of aliphatic hydroxyl groups excluding tert-OH is 2. The minimum absolute atomic E-state index is 0.125. The molecule has 2 nitrogen and oxygen atoms in total. The monoisotopic (exact) mass is 212 g/mol. The molecule has 0 fully saturated rings. The van der Waals surface area contributed by atoms with Crippen LogP contribution >= 0.6 is 0 Å². The third kappa shape index (κ3) is 50.6. The molecule has 0 saturated carbocycles. The van der Waals surface area contributed by atoms with Gasteiger partial charge in [-0.25, -0.2) is 0 Å². The fraction of sp³-hybridized carbons (Fsp3) is 1.00. The Morgan fingerprint density at radius 2 is 1.29 bits per heavy atom. The van der Waals surface area contributed by atoms with Crippen LogP contribution in [0.15, 0.2) is 0 Å². The zero-order chi connectivity index (χ0) is 6.12. The van der Waals surface area contributed by atoms with Gasteiger partial charge in [0, 0.05) is 0 Å². The molecule has 0 aromatic rings. The molecule has 0 unspecified atom stereocenters.